The standard InChI is InChI=1S/C17H18N4O2S/c1-9-6-13(21-16(22)11-4-5-11)24-14(9)17(23)20-12-7-18-15(19-8-12)10-2-3-10/h6-8,10-11H,2-5H2,1H3,(H,20,23)(H,21,22). The Balaban J connectivity index is 1.43. The predicted octanol–water partition coefficient (Wildman–Crippen LogP) is 3.32. The van der Waals surface area contributed by atoms with Crippen molar-refractivity contribution in [1.29, 1.82) is 0 Å². The van der Waals surface area contributed by atoms with Gasteiger partial charge < -0.3 is 10.6 Å². The monoisotopic (exact) mass is 342 g/mol. The summed E-state index contributed by atoms with van der Waals surface area (Å²) >= 11 is 1.29. The van der Waals surface area contributed by atoms with Crippen LogP contribution in [0.1, 0.15) is 52.7 Å². The molecule has 0 spiro atoms. The van der Waals surface area contributed by atoms with Gasteiger partial charge in [0.1, 0.15) is 5.82 Å². The van der Waals surface area contributed by atoms with Crippen molar-refractivity contribution in [3.63, 3.8) is 0 Å². The van der Waals surface area contributed by atoms with Gasteiger partial charge >= 0.3 is 0 Å². The van der Waals surface area contributed by atoms with Crippen molar-refractivity contribution in [1.82, 2.24) is 9.97 Å². The zero-order chi connectivity index (χ0) is 16.7. The number of hydrogen-bond acceptors (Lipinski definition) is 5. The van der Waals surface area contributed by atoms with Gasteiger partial charge in [0, 0.05) is 11.8 Å². The average molecular weight is 342 g/mol. The maximum absolute atomic E-state index is 12.4. The largest absolute Gasteiger partial charge is 0.319 e. The minimum Gasteiger partial charge on any atom is -0.319 e. The van der Waals surface area contributed by atoms with E-state index in [0.29, 0.717) is 16.5 Å². The molecule has 0 aliphatic heterocycles. The molecular formula is C17H18N4O2S. The van der Waals surface area contributed by atoms with Crippen LogP contribution >= 0.6 is 11.3 Å². The van der Waals surface area contributed by atoms with E-state index in [4.69, 9.17) is 0 Å². The number of rotatable bonds is 5. The molecule has 2 N–H and O–H groups in total. The first-order valence-electron chi connectivity index (χ1n) is 8.15. The molecule has 4 rings (SSSR count). The molecule has 0 saturated heterocycles. The summed E-state index contributed by atoms with van der Waals surface area (Å²) in [6.45, 7) is 1.87. The molecule has 2 heterocycles. The quantitative estimate of drug-likeness (QED) is 0.873. The summed E-state index contributed by atoms with van der Waals surface area (Å²) in [5.74, 6) is 1.34. The number of anilines is 2. The first-order chi connectivity index (χ1) is 11.6. The Kier molecular flexibility index (Phi) is 3.80. The third-order valence-electron chi connectivity index (χ3n) is 4.19. The second kappa shape index (κ2) is 5.98. The van der Waals surface area contributed by atoms with Gasteiger partial charge in [-0.05, 0) is 44.2 Å². The number of carbonyl (C=O) groups excluding carboxylic acids is 2. The van der Waals surface area contributed by atoms with Gasteiger partial charge in [0.2, 0.25) is 5.91 Å². The van der Waals surface area contributed by atoms with E-state index in [2.05, 4.69) is 20.6 Å². The number of carbonyl (C=O) groups is 2. The van der Waals surface area contributed by atoms with Crippen LogP contribution in [-0.2, 0) is 4.79 Å². The summed E-state index contributed by atoms with van der Waals surface area (Å²) in [6, 6.07) is 1.84. The highest BCUT2D eigenvalue weighted by Gasteiger charge is 2.30. The molecule has 2 aliphatic rings. The van der Waals surface area contributed by atoms with Crippen molar-refractivity contribution in [2.75, 3.05) is 10.6 Å². The van der Waals surface area contributed by atoms with E-state index < -0.39 is 0 Å². The van der Waals surface area contributed by atoms with Crippen LogP contribution in [0.4, 0.5) is 10.7 Å². The molecule has 2 aromatic rings. The van der Waals surface area contributed by atoms with Gasteiger partial charge in [-0.3, -0.25) is 9.59 Å². The predicted molar refractivity (Wildman–Crippen MR) is 92.4 cm³/mol. The van der Waals surface area contributed by atoms with Crippen molar-refractivity contribution in [3.8, 4) is 0 Å². The van der Waals surface area contributed by atoms with Gasteiger partial charge in [0.25, 0.3) is 5.91 Å². The average Bonchev–Trinajstić information content (AvgIpc) is 3.46. The second-order valence-corrected chi connectivity index (χ2v) is 7.50. The lowest BCUT2D eigenvalue weighted by Gasteiger charge is -2.04. The van der Waals surface area contributed by atoms with Gasteiger partial charge in [-0.2, -0.15) is 0 Å². The zero-order valence-corrected chi connectivity index (χ0v) is 14.2. The van der Waals surface area contributed by atoms with Gasteiger partial charge in [-0.15, -0.1) is 11.3 Å². The van der Waals surface area contributed by atoms with Crippen LogP contribution < -0.4 is 10.6 Å². The minimum absolute atomic E-state index is 0.0484. The lowest BCUT2D eigenvalue weighted by molar-refractivity contribution is -0.117. The fourth-order valence-electron chi connectivity index (χ4n) is 2.48. The van der Waals surface area contributed by atoms with E-state index >= 15 is 0 Å². The molecule has 2 fully saturated rings. The number of thiophene rings is 1. The van der Waals surface area contributed by atoms with Crippen LogP contribution in [-0.4, -0.2) is 21.8 Å². The Morgan fingerprint density at radius 1 is 1.12 bits per heavy atom. The molecule has 24 heavy (non-hydrogen) atoms. The van der Waals surface area contributed by atoms with Gasteiger partial charge in [-0.25, -0.2) is 9.97 Å². The number of aryl methyl sites for hydroxylation is 1. The molecule has 124 valence electrons. The van der Waals surface area contributed by atoms with Gasteiger partial charge in [0.15, 0.2) is 0 Å². The highest BCUT2D eigenvalue weighted by atomic mass is 32.1. The number of amides is 2. The number of aromatic nitrogens is 2. The second-order valence-electron chi connectivity index (χ2n) is 6.44. The van der Waals surface area contributed by atoms with Crippen LogP contribution in [0.25, 0.3) is 0 Å². The fraction of sp³-hybridized carbons (Fsp3) is 0.412. The number of nitrogens with one attached hydrogen (secondary N) is 2. The maximum Gasteiger partial charge on any atom is 0.266 e. The smallest absolute Gasteiger partial charge is 0.266 e. The normalized spacial score (nSPS) is 16.7. The first kappa shape index (κ1) is 15.3. The SMILES string of the molecule is Cc1cc(NC(=O)C2CC2)sc1C(=O)Nc1cnc(C2CC2)nc1. The van der Waals surface area contributed by atoms with E-state index in [0.717, 1.165) is 42.1 Å². The fourth-order valence-corrected chi connectivity index (χ4v) is 3.45. The van der Waals surface area contributed by atoms with E-state index in [9.17, 15) is 9.59 Å². The lowest BCUT2D eigenvalue weighted by Crippen LogP contribution is -2.12. The molecule has 2 aromatic heterocycles. The molecular weight excluding hydrogens is 324 g/mol. The third kappa shape index (κ3) is 3.31. The molecule has 0 atom stereocenters. The summed E-state index contributed by atoms with van der Waals surface area (Å²) in [4.78, 5) is 33.5. The van der Waals surface area contributed by atoms with Crippen molar-refractivity contribution in [2.24, 2.45) is 5.92 Å². The molecule has 0 unspecified atom stereocenters. The molecule has 7 heteroatoms. The van der Waals surface area contributed by atoms with Crippen LogP contribution in [0, 0.1) is 12.8 Å². The van der Waals surface area contributed by atoms with Crippen LogP contribution in [0.15, 0.2) is 18.5 Å². The maximum atomic E-state index is 12.4. The summed E-state index contributed by atoms with van der Waals surface area (Å²) < 4.78 is 0. The first-order valence-corrected chi connectivity index (χ1v) is 8.96. The van der Waals surface area contributed by atoms with E-state index in [1.807, 2.05) is 13.0 Å². The van der Waals surface area contributed by atoms with Crippen LogP contribution in [0.2, 0.25) is 0 Å². The molecule has 0 radical (unpaired) electrons. The molecule has 6 nitrogen and oxygen atoms in total. The molecule has 2 saturated carbocycles. The van der Waals surface area contributed by atoms with Crippen molar-refractivity contribution in [3.05, 3.63) is 34.7 Å². The Hall–Kier alpha value is -2.28. The number of hydrogen-bond donors (Lipinski definition) is 2. The summed E-state index contributed by atoms with van der Waals surface area (Å²) in [5, 5.41) is 6.42. The minimum atomic E-state index is -0.202. The van der Waals surface area contributed by atoms with E-state index in [-0.39, 0.29) is 17.7 Å². The Morgan fingerprint density at radius 2 is 1.83 bits per heavy atom. The lowest BCUT2D eigenvalue weighted by atomic mass is 10.2. The van der Waals surface area contributed by atoms with E-state index in [1.165, 1.54) is 11.3 Å². The summed E-state index contributed by atoms with van der Waals surface area (Å²) in [5.41, 5.74) is 1.43. The van der Waals surface area contributed by atoms with E-state index in [1.54, 1.807) is 12.4 Å². The summed E-state index contributed by atoms with van der Waals surface area (Å²) in [6.07, 6.45) is 7.51. The molecule has 0 bridgehead atoms. The number of nitrogens with zero attached hydrogens (tertiary/aromatic N) is 2. The third-order valence-corrected chi connectivity index (χ3v) is 5.34. The topological polar surface area (TPSA) is 84.0 Å². The van der Waals surface area contributed by atoms with Gasteiger partial charge in [-0.1, -0.05) is 0 Å². The highest BCUT2D eigenvalue weighted by Crippen LogP contribution is 2.38. The van der Waals surface area contributed by atoms with Crippen molar-refractivity contribution >= 4 is 33.8 Å². The molecule has 2 amide bonds. The summed E-state index contributed by atoms with van der Waals surface area (Å²) in [7, 11) is 0. The van der Waals surface area contributed by atoms with Gasteiger partial charge in [0.05, 0.1) is 28.0 Å². The Bertz CT molecular complexity index is 791. The Labute approximate surface area is 143 Å². The van der Waals surface area contributed by atoms with Crippen molar-refractivity contribution < 1.29 is 9.59 Å². The van der Waals surface area contributed by atoms with Crippen LogP contribution in [0.5, 0.6) is 0 Å². The van der Waals surface area contributed by atoms with Crippen molar-refractivity contribution in [2.45, 2.75) is 38.5 Å². The van der Waals surface area contributed by atoms with Crippen LogP contribution in [0.3, 0.4) is 0 Å². The zero-order valence-electron chi connectivity index (χ0n) is 13.3. The molecule has 2 aliphatic carbocycles. The highest BCUT2D eigenvalue weighted by molar-refractivity contribution is 7.18. The Morgan fingerprint density at radius 3 is 2.46 bits per heavy atom. The molecule has 0 aromatic carbocycles.